The first-order valence-electron chi connectivity index (χ1n) is 7.56. The normalized spacial score (nSPS) is 10.6. The van der Waals surface area contributed by atoms with Crippen LogP contribution in [-0.2, 0) is 18.2 Å². The first-order valence-corrected chi connectivity index (χ1v) is 7.56. The van der Waals surface area contributed by atoms with Crippen LogP contribution in [0.2, 0.25) is 0 Å². The molecule has 23 heavy (non-hydrogen) atoms. The molecule has 0 bridgehead atoms. The number of hydrogen-bond donors (Lipinski definition) is 1. The van der Waals surface area contributed by atoms with E-state index in [0.717, 1.165) is 18.5 Å². The Labute approximate surface area is 135 Å². The number of ether oxygens (including phenoxy) is 2. The molecular formula is C16H22N4O3. The van der Waals surface area contributed by atoms with E-state index in [1.165, 1.54) is 4.68 Å². The van der Waals surface area contributed by atoms with Crippen LogP contribution in [0.15, 0.2) is 29.2 Å². The van der Waals surface area contributed by atoms with Crippen molar-refractivity contribution < 1.29 is 9.47 Å². The number of aryl methyl sites for hydroxylation is 2. The quantitative estimate of drug-likeness (QED) is 0.749. The lowest BCUT2D eigenvalue weighted by molar-refractivity contribution is 0.172. The average Bonchev–Trinajstić information content (AvgIpc) is 2.57. The lowest BCUT2D eigenvalue weighted by atomic mass is 10.3. The Kier molecular flexibility index (Phi) is 6.10. The van der Waals surface area contributed by atoms with E-state index in [0.29, 0.717) is 30.5 Å². The second-order valence-electron chi connectivity index (χ2n) is 5.03. The fourth-order valence-electron chi connectivity index (χ4n) is 2.00. The molecular weight excluding hydrogens is 296 g/mol. The number of methoxy groups -OCH3 is 1. The van der Waals surface area contributed by atoms with Crippen molar-refractivity contribution in [3.8, 4) is 5.75 Å². The SMILES string of the molecule is CCc1cc(Nc2ccc(OCCCOC)cn2)c(=O)n(C)n1. The van der Waals surface area contributed by atoms with Gasteiger partial charge in [0.25, 0.3) is 5.56 Å². The minimum atomic E-state index is -0.191. The third-order valence-corrected chi connectivity index (χ3v) is 3.24. The molecule has 2 rings (SSSR count). The molecule has 2 aromatic heterocycles. The molecule has 0 unspecified atom stereocenters. The van der Waals surface area contributed by atoms with Crippen LogP contribution in [0.3, 0.4) is 0 Å². The van der Waals surface area contributed by atoms with E-state index in [1.807, 2.05) is 13.0 Å². The largest absolute Gasteiger partial charge is 0.492 e. The maximum Gasteiger partial charge on any atom is 0.290 e. The van der Waals surface area contributed by atoms with Crippen LogP contribution < -0.4 is 15.6 Å². The van der Waals surface area contributed by atoms with Gasteiger partial charge in [0.1, 0.15) is 17.3 Å². The fourth-order valence-corrected chi connectivity index (χ4v) is 2.00. The number of hydrogen-bond acceptors (Lipinski definition) is 6. The van der Waals surface area contributed by atoms with E-state index < -0.39 is 0 Å². The van der Waals surface area contributed by atoms with Crippen LogP contribution in [0.4, 0.5) is 11.5 Å². The molecule has 0 aliphatic heterocycles. The van der Waals surface area contributed by atoms with Crippen LogP contribution in [0, 0.1) is 0 Å². The van der Waals surface area contributed by atoms with Gasteiger partial charge in [0.05, 0.1) is 18.5 Å². The zero-order valence-electron chi connectivity index (χ0n) is 13.7. The summed E-state index contributed by atoms with van der Waals surface area (Å²) in [5, 5.41) is 7.20. The van der Waals surface area contributed by atoms with Gasteiger partial charge in [-0.25, -0.2) is 9.67 Å². The van der Waals surface area contributed by atoms with E-state index in [4.69, 9.17) is 9.47 Å². The maximum atomic E-state index is 12.1. The van der Waals surface area contributed by atoms with Gasteiger partial charge in [0, 0.05) is 27.2 Å². The molecule has 1 N–H and O–H groups in total. The van der Waals surface area contributed by atoms with Gasteiger partial charge in [0.15, 0.2) is 0 Å². The van der Waals surface area contributed by atoms with Gasteiger partial charge in [0.2, 0.25) is 0 Å². The van der Waals surface area contributed by atoms with Crippen molar-refractivity contribution in [2.45, 2.75) is 19.8 Å². The van der Waals surface area contributed by atoms with Crippen molar-refractivity contribution in [1.82, 2.24) is 14.8 Å². The van der Waals surface area contributed by atoms with Gasteiger partial charge in [-0.15, -0.1) is 0 Å². The Morgan fingerprint density at radius 3 is 2.78 bits per heavy atom. The Bertz CT molecular complexity index is 683. The minimum absolute atomic E-state index is 0.191. The van der Waals surface area contributed by atoms with Gasteiger partial charge in [-0.1, -0.05) is 6.92 Å². The van der Waals surface area contributed by atoms with Crippen LogP contribution in [0.5, 0.6) is 5.75 Å². The van der Waals surface area contributed by atoms with Crippen molar-refractivity contribution >= 4 is 11.5 Å². The lowest BCUT2D eigenvalue weighted by Crippen LogP contribution is -2.23. The van der Waals surface area contributed by atoms with Crippen molar-refractivity contribution in [3.63, 3.8) is 0 Å². The summed E-state index contributed by atoms with van der Waals surface area (Å²) in [6, 6.07) is 5.34. The Balaban J connectivity index is 2.04. The number of pyridine rings is 1. The van der Waals surface area contributed by atoms with E-state index in [2.05, 4.69) is 15.4 Å². The summed E-state index contributed by atoms with van der Waals surface area (Å²) < 4.78 is 11.8. The topological polar surface area (TPSA) is 78.3 Å². The lowest BCUT2D eigenvalue weighted by Gasteiger charge is -2.09. The predicted octanol–water partition coefficient (Wildman–Crippen LogP) is 1.90. The molecule has 124 valence electrons. The molecule has 0 aliphatic carbocycles. The first kappa shape index (κ1) is 17.0. The second-order valence-corrected chi connectivity index (χ2v) is 5.03. The summed E-state index contributed by atoms with van der Waals surface area (Å²) in [7, 11) is 3.30. The molecule has 2 heterocycles. The molecule has 0 fully saturated rings. The van der Waals surface area contributed by atoms with Gasteiger partial charge in [-0.05, 0) is 24.6 Å². The van der Waals surface area contributed by atoms with E-state index in [1.54, 1.807) is 32.5 Å². The predicted molar refractivity (Wildman–Crippen MR) is 88.4 cm³/mol. The van der Waals surface area contributed by atoms with Gasteiger partial charge in [-0.2, -0.15) is 5.10 Å². The maximum absolute atomic E-state index is 12.1. The Morgan fingerprint density at radius 2 is 2.13 bits per heavy atom. The molecule has 0 atom stereocenters. The average molecular weight is 318 g/mol. The molecule has 0 saturated carbocycles. The Morgan fingerprint density at radius 1 is 1.30 bits per heavy atom. The van der Waals surface area contributed by atoms with Gasteiger partial charge < -0.3 is 14.8 Å². The highest BCUT2D eigenvalue weighted by Gasteiger charge is 2.06. The minimum Gasteiger partial charge on any atom is -0.492 e. The van der Waals surface area contributed by atoms with E-state index in [9.17, 15) is 4.79 Å². The monoisotopic (exact) mass is 318 g/mol. The molecule has 7 nitrogen and oxygen atoms in total. The van der Waals surface area contributed by atoms with Gasteiger partial charge >= 0.3 is 0 Å². The van der Waals surface area contributed by atoms with Crippen molar-refractivity contribution in [2.75, 3.05) is 25.6 Å². The molecule has 0 aromatic carbocycles. The van der Waals surface area contributed by atoms with Crippen LogP contribution in [-0.4, -0.2) is 35.1 Å². The van der Waals surface area contributed by atoms with E-state index >= 15 is 0 Å². The fraction of sp³-hybridized carbons (Fsp3) is 0.438. The van der Waals surface area contributed by atoms with Crippen LogP contribution in [0.25, 0.3) is 0 Å². The summed E-state index contributed by atoms with van der Waals surface area (Å²) in [5.41, 5.74) is 1.11. The summed E-state index contributed by atoms with van der Waals surface area (Å²) in [6.45, 7) is 3.23. The standard InChI is InChI=1S/C16H22N4O3/c1-4-12-10-14(16(21)20(2)19-12)18-15-7-6-13(11-17-15)23-9-5-8-22-3/h6-7,10-11H,4-5,8-9H2,1-3H3,(H,17,18). The molecule has 7 heteroatoms. The zero-order valence-corrected chi connectivity index (χ0v) is 13.7. The Hall–Kier alpha value is -2.41. The number of rotatable bonds is 8. The zero-order chi connectivity index (χ0) is 16.7. The number of aromatic nitrogens is 3. The molecule has 0 amide bonds. The van der Waals surface area contributed by atoms with Crippen LogP contribution >= 0.6 is 0 Å². The second kappa shape index (κ2) is 8.28. The molecule has 0 aliphatic rings. The highest BCUT2D eigenvalue weighted by Crippen LogP contribution is 2.15. The number of nitrogens with zero attached hydrogens (tertiary/aromatic N) is 3. The highest BCUT2D eigenvalue weighted by molar-refractivity contribution is 5.55. The van der Waals surface area contributed by atoms with Crippen LogP contribution in [0.1, 0.15) is 19.0 Å². The number of nitrogens with one attached hydrogen (secondary N) is 1. The van der Waals surface area contributed by atoms with Crippen molar-refractivity contribution in [3.05, 3.63) is 40.4 Å². The molecule has 0 spiro atoms. The summed E-state index contributed by atoms with van der Waals surface area (Å²) in [6.07, 6.45) is 3.20. The summed E-state index contributed by atoms with van der Waals surface area (Å²) in [5.74, 6) is 1.27. The van der Waals surface area contributed by atoms with E-state index in [-0.39, 0.29) is 5.56 Å². The summed E-state index contributed by atoms with van der Waals surface area (Å²) >= 11 is 0. The van der Waals surface area contributed by atoms with Crippen molar-refractivity contribution in [1.29, 1.82) is 0 Å². The summed E-state index contributed by atoms with van der Waals surface area (Å²) in [4.78, 5) is 16.3. The number of anilines is 2. The smallest absolute Gasteiger partial charge is 0.290 e. The van der Waals surface area contributed by atoms with Crippen molar-refractivity contribution in [2.24, 2.45) is 7.05 Å². The molecule has 0 saturated heterocycles. The molecule has 2 aromatic rings. The highest BCUT2D eigenvalue weighted by atomic mass is 16.5. The first-order chi connectivity index (χ1) is 11.1. The molecule has 0 radical (unpaired) electrons. The van der Waals surface area contributed by atoms with Gasteiger partial charge in [-0.3, -0.25) is 4.79 Å². The third kappa shape index (κ3) is 4.79. The third-order valence-electron chi connectivity index (χ3n) is 3.24.